The Morgan fingerprint density at radius 1 is 0.579 bits per heavy atom. The lowest BCUT2D eigenvalue weighted by molar-refractivity contribution is -0.144. The molecule has 0 aliphatic heterocycles. The first-order valence-electron chi connectivity index (χ1n) is 17.3. The van der Waals surface area contributed by atoms with Crippen LogP contribution in [-0.2, 0) is 9.53 Å². The summed E-state index contributed by atoms with van der Waals surface area (Å²) in [6, 6.07) is 2.66. The highest BCUT2D eigenvalue weighted by Gasteiger charge is 2.38. The van der Waals surface area contributed by atoms with Crippen molar-refractivity contribution in [2.24, 2.45) is 23.7 Å². The van der Waals surface area contributed by atoms with Crippen LogP contribution in [0.25, 0.3) is 0 Å². The lowest BCUT2D eigenvalue weighted by atomic mass is 9.71. The zero-order valence-corrected chi connectivity index (χ0v) is 24.6. The van der Waals surface area contributed by atoms with Gasteiger partial charge in [-0.2, -0.15) is 0 Å². The second-order valence-corrected chi connectivity index (χ2v) is 14.2. The van der Waals surface area contributed by atoms with Crippen LogP contribution in [0.4, 0.5) is 0 Å². The van der Waals surface area contributed by atoms with Crippen LogP contribution in [0, 0.1) is 23.7 Å². The van der Waals surface area contributed by atoms with Crippen molar-refractivity contribution < 1.29 is 9.53 Å². The number of nitrogens with zero attached hydrogens (tertiary/aromatic N) is 1. The van der Waals surface area contributed by atoms with Crippen molar-refractivity contribution in [2.45, 2.75) is 178 Å². The molecule has 3 nitrogen and oxygen atoms in total. The average molecular weight is 526 g/mol. The van der Waals surface area contributed by atoms with Crippen molar-refractivity contribution in [3.8, 4) is 0 Å². The summed E-state index contributed by atoms with van der Waals surface area (Å²) in [5, 5.41) is 0. The van der Waals surface area contributed by atoms with Crippen molar-refractivity contribution in [3.05, 3.63) is 12.7 Å². The van der Waals surface area contributed by atoms with E-state index in [1.54, 1.807) is 0 Å². The van der Waals surface area contributed by atoms with Gasteiger partial charge in [0.05, 0.1) is 0 Å². The van der Waals surface area contributed by atoms with E-state index < -0.39 is 0 Å². The molecule has 0 N–H and O–H groups in total. The first-order valence-corrected chi connectivity index (χ1v) is 17.3. The molecule has 0 heterocycles. The lowest BCUT2D eigenvalue weighted by Crippen LogP contribution is -2.52. The molecule has 3 heteroatoms. The Hall–Kier alpha value is -0.830. The summed E-state index contributed by atoms with van der Waals surface area (Å²) in [6.07, 6.45) is 35.8. The number of carbonyl (C=O) groups excluding carboxylic acids is 1. The Labute approximate surface area is 234 Å². The van der Waals surface area contributed by atoms with Crippen LogP contribution < -0.4 is 0 Å². The standard InChI is InChI=1S/C35H59NO2/c1-2-35(37)38-34-25-17-28(18-26-34)14-13-27-15-21-32(22-16-27)36(31-11-7-4-8-12-31)33-23-19-30(20-24-33)29-9-5-3-6-10-29/h2,27-34H,1,3-26H2. The lowest BCUT2D eigenvalue weighted by Gasteiger charge is -2.49. The number of rotatable bonds is 9. The minimum Gasteiger partial charge on any atom is -0.459 e. The molecule has 0 atom stereocenters. The highest BCUT2D eigenvalue weighted by atomic mass is 16.5. The van der Waals surface area contributed by atoms with Crippen molar-refractivity contribution in [1.29, 1.82) is 0 Å². The SMILES string of the molecule is C=CC(=O)OC1CCC(CCC2CCC(N(C3CCCCC3)C3CCC(C4CCCCC4)CC3)CC2)CC1. The number of ether oxygens (including phenoxy) is 1. The van der Waals surface area contributed by atoms with Crippen molar-refractivity contribution >= 4 is 5.97 Å². The summed E-state index contributed by atoms with van der Waals surface area (Å²) in [5.41, 5.74) is 0. The van der Waals surface area contributed by atoms with Crippen LogP contribution in [0.5, 0.6) is 0 Å². The quantitative estimate of drug-likeness (QED) is 0.222. The van der Waals surface area contributed by atoms with Gasteiger partial charge in [-0.25, -0.2) is 4.79 Å². The molecule has 0 aromatic heterocycles. The molecule has 5 fully saturated rings. The van der Waals surface area contributed by atoms with Gasteiger partial charge in [-0.05, 0) is 114 Å². The normalized spacial score (nSPS) is 36.1. The molecule has 0 aromatic carbocycles. The molecule has 216 valence electrons. The van der Waals surface area contributed by atoms with Gasteiger partial charge < -0.3 is 4.74 Å². The third-order valence-corrected chi connectivity index (χ3v) is 11.9. The summed E-state index contributed by atoms with van der Waals surface area (Å²) in [4.78, 5) is 14.7. The Morgan fingerprint density at radius 3 is 1.58 bits per heavy atom. The maximum Gasteiger partial charge on any atom is 0.330 e. The van der Waals surface area contributed by atoms with Gasteiger partial charge in [0.25, 0.3) is 0 Å². The summed E-state index contributed by atoms with van der Waals surface area (Å²) >= 11 is 0. The highest BCUT2D eigenvalue weighted by molar-refractivity contribution is 5.81. The van der Waals surface area contributed by atoms with Gasteiger partial charge in [0.2, 0.25) is 0 Å². The first-order chi connectivity index (χ1) is 18.7. The summed E-state index contributed by atoms with van der Waals surface area (Å²) in [7, 11) is 0. The fourth-order valence-corrected chi connectivity index (χ4v) is 9.70. The van der Waals surface area contributed by atoms with E-state index in [1.165, 1.54) is 147 Å². The Morgan fingerprint density at radius 2 is 1.03 bits per heavy atom. The number of carbonyl (C=O) groups is 1. The molecule has 5 aliphatic rings. The zero-order chi connectivity index (χ0) is 26.2. The summed E-state index contributed by atoms with van der Waals surface area (Å²) in [5.74, 6) is 3.69. The van der Waals surface area contributed by atoms with Crippen molar-refractivity contribution in [1.82, 2.24) is 4.90 Å². The van der Waals surface area contributed by atoms with Gasteiger partial charge in [0.15, 0.2) is 0 Å². The van der Waals surface area contributed by atoms with Crippen LogP contribution in [0.1, 0.15) is 154 Å². The van der Waals surface area contributed by atoms with Gasteiger partial charge in [0, 0.05) is 24.2 Å². The van der Waals surface area contributed by atoms with E-state index in [9.17, 15) is 4.79 Å². The van der Waals surface area contributed by atoms with Crippen LogP contribution in [-0.4, -0.2) is 35.1 Å². The van der Waals surface area contributed by atoms with E-state index >= 15 is 0 Å². The van der Waals surface area contributed by atoms with Gasteiger partial charge in [-0.15, -0.1) is 0 Å². The van der Waals surface area contributed by atoms with Crippen LogP contribution >= 0.6 is 0 Å². The second-order valence-electron chi connectivity index (χ2n) is 14.2. The smallest absolute Gasteiger partial charge is 0.330 e. The summed E-state index contributed by atoms with van der Waals surface area (Å²) < 4.78 is 5.49. The average Bonchev–Trinajstić information content (AvgIpc) is 2.99. The first kappa shape index (κ1) is 28.7. The van der Waals surface area contributed by atoms with E-state index in [0.29, 0.717) is 0 Å². The maximum atomic E-state index is 11.5. The van der Waals surface area contributed by atoms with Crippen molar-refractivity contribution in [2.75, 3.05) is 0 Å². The molecule has 5 saturated carbocycles. The maximum absolute atomic E-state index is 11.5. The van der Waals surface area contributed by atoms with E-state index in [4.69, 9.17) is 4.74 Å². The Balaban J connectivity index is 1.07. The number of hydrogen-bond acceptors (Lipinski definition) is 3. The van der Waals surface area contributed by atoms with Crippen LogP contribution in [0.15, 0.2) is 12.7 Å². The van der Waals surface area contributed by atoms with Crippen molar-refractivity contribution in [3.63, 3.8) is 0 Å². The van der Waals surface area contributed by atoms with E-state index in [2.05, 4.69) is 11.5 Å². The molecule has 0 bridgehead atoms. The third-order valence-electron chi connectivity index (χ3n) is 11.9. The van der Waals surface area contributed by atoms with Gasteiger partial charge in [-0.3, -0.25) is 4.90 Å². The molecule has 0 aromatic rings. The molecule has 0 unspecified atom stereocenters. The van der Waals surface area contributed by atoms with Gasteiger partial charge in [0.1, 0.15) is 6.10 Å². The molecule has 0 spiro atoms. The summed E-state index contributed by atoms with van der Waals surface area (Å²) in [6.45, 7) is 3.53. The molecule has 0 amide bonds. The van der Waals surface area contributed by atoms with Gasteiger partial charge >= 0.3 is 5.97 Å². The predicted octanol–water partition coefficient (Wildman–Crippen LogP) is 9.39. The van der Waals surface area contributed by atoms with Crippen LogP contribution in [0.3, 0.4) is 0 Å². The molecule has 0 saturated heterocycles. The highest BCUT2D eigenvalue weighted by Crippen LogP contribution is 2.43. The number of esters is 1. The largest absolute Gasteiger partial charge is 0.459 e. The molecular weight excluding hydrogens is 466 g/mol. The Bertz CT molecular complexity index is 699. The fourth-order valence-electron chi connectivity index (χ4n) is 9.70. The fraction of sp³-hybridized carbons (Fsp3) is 0.914. The third kappa shape index (κ3) is 7.88. The minimum atomic E-state index is -0.246. The topological polar surface area (TPSA) is 29.5 Å². The van der Waals surface area contributed by atoms with E-state index in [1.807, 2.05) is 0 Å². The van der Waals surface area contributed by atoms with E-state index in [-0.39, 0.29) is 12.1 Å². The molecule has 5 aliphatic carbocycles. The molecule has 5 rings (SSSR count). The zero-order valence-electron chi connectivity index (χ0n) is 24.6. The van der Waals surface area contributed by atoms with Gasteiger partial charge in [-0.1, -0.05) is 70.8 Å². The minimum absolute atomic E-state index is 0.135. The van der Waals surface area contributed by atoms with E-state index in [0.717, 1.165) is 54.6 Å². The predicted molar refractivity (Wildman–Crippen MR) is 158 cm³/mol. The Kier molecular flexibility index (Phi) is 11.1. The number of hydrogen-bond donors (Lipinski definition) is 0. The molecular formula is C35H59NO2. The molecule has 38 heavy (non-hydrogen) atoms. The second kappa shape index (κ2) is 14.7. The molecule has 0 radical (unpaired) electrons. The van der Waals surface area contributed by atoms with Crippen LogP contribution in [0.2, 0.25) is 0 Å². The monoisotopic (exact) mass is 525 g/mol.